The van der Waals surface area contributed by atoms with Gasteiger partial charge in [-0.2, -0.15) is 0 Å². The summed E-state index contributed by atoms with van der Waals surface area (Å²) in [6, 6.07) is 1.67. The van der Waals surface area contributed by atoms with E-state index in [2.05, 4.69) is 14.9 Å². The summed E-state index contributed by atoms with van der Waals surface area (Å²) >= 11 is 0. The maximum absolute atomic E-state index is 12.5. The third-order valence-corrected chi connectivity index (χ3v) is 5.84. The van der Waals surface area contributed by atoms with Crippen LogP contribution in [0.4, 0.5) is 0 Å². The molecule has 3 fully saturated rings. The first-order chi connectivity index (χ1) is 11.7. The zero-order chi connectivity index (χ0) is 16.6. The van der Waals surface area contributed by atoms with Gasteiger partial charge < -0.3 is 9.80 Å². The van der Waals surface area contributed by atoms with Gasteiger partial charge in [0.25, 0.3) is 5.91 Å². The monoisotopic (exact) mass is 328 g/mol. The Labute approximate surface area is 142 Å². The summed E-state index contributed by atoms with van der Waals surface area (Å²) in [5.74, 6) is 1.06. The van der Waals surface area contributed by atoms with Crippen LogP contribution in [-0.2, 0) is 4.79 Å². The van der Waals surface area contributed by atoms with Crippen LogP contribution in [-0.4, -0.2) is 57.8 Å². The van der Waals surface area contributed by atoms with Crippen LogP contribution >= 0.6 is 0 Å². The summed E-state index contributed by atoms with van der Waals surface area (Å²) in [7, 11) is 0. The number of nitrogens with zero attached hydrogens (tertiary/aromatic N) is 4. The third-order valence-electron chi connectivity index (χ3n) is 5.84. The zero-order valence-corrected chi connectivity index (χ0v) is 14.0. The first kappa shape index (κ1) is 15.5. The molecule has 0 radical (unpaired) electrons. The van der Waals surface area contributed by atoms with Crippen molar-refractivity contribution in [3.8, 4) is 0 Å². The number of hydrogen-bond donors (Lipinski definition) is 0. The second kappa shape index (κ2) is 6.15. The van der Waals surface area contributed by atoms with Crippen LogP contribution in [0.3, 0.4) is 0 Å². The topological polar surface area (TPSA) is 66.4 Å². The van der Waals surface area contributed by atoms with Gasteiger partial charge in [0, 0.05) is 38.8 Å². The average Bonchev–Trinajstić information content (AvgIpc) is 3.43. The minimum absolute atomic E-state index is 0.00558. The van der Waals surface area contributed by atoms with E-state index in [0.717, 1.165) is 51.4 Å². The number of carbonyl (C=O) groups excluding carboxylic acids is 2. The summed E-state index contributed by atoms with van der Waals surface area (Å²) in [4.78, 5) is 36.6. The lowest BCUT2D eigenvalue weighted by Gasteiger charge is -2.47. The maximum atomic E-state index is 12.5. The number of likely N-dealkylation sites (tertiary alicyclic amines) is 2. The highest BCUT2D eigenvalue weighted by Gasteiger charge is 2.42. The lowest BCUT2D eigenvalue weighted by molar-refractivity contribution is -0.139. The first-order valence-corrected chi connectivity index (χ1v) is 8.98. The molecule has 3 aliphatic rings. The zero-order valence-electron chi connectivity index (χ0n) is 14.0. The van der Waals surface area contributed by atoms with Crippen molar-refractivity contribution in [2.45, 2.75) is 38.5 Å². The molecule has 1 saturated carbocycles. The average molecular weight is 328 g/mol. The fourth-order valence-electron chi connectivity index (χ4n) is 4.05. The van der Waals surface area contributed by atoms with E-state index in [9.17, 15) is 9.59 Å². The first-order valence-electron chi connectivity index (χ1n) is 8.98. The fraction of sp³-hybridized carbons (Fsp3) is 0.667. The Kier molecular flexibility index (Phi) is 3.98. The van der Waals surface area contributed by atoms with Gasteiger partial charge in [-0.05, 0) is 49.5 Å². The number of amides is 2. The lowest BCUT2D eigenvalue weighted by atomic mass is 9.72. The van der Waals surface area contributed by atoms with E-state index >= 15 is 0 Å². The van der Waals surface area contributed by atoms with Gasteiger partial charge in [-0.25, -0.2) is 9.97 Å². The van der Waals surface area contributed by atoms with E-state index in [4.69, 9.17) is 0 Å². The molecule has 24 heavy (non-hydrogen) atoms. The largest absolute Gasteiger partial charge is 0.342 e. The Morgan fingerprint density at radius 3 is 2.71 bits per heavy atom. The summed E-state index contributed by atoms with van der Waals surface area (Å²) in [6.45, 7) is 3.35. The molecule has 4 rings (SSSR count). The summed E-state index contributed by atoms with van der Waals surface area (Å²) in [5.41, 5.74) is 0.681. The van der Waals surface area contributed by atoms with Gasteiger partial charge in [-0.15, -0.1) is 0 Å². The summed E-state index contributed by atoms with van der Waals surface area (Å²) in [5, 5.41) is 0. The van der Waals surface area contributed by atoms with E-state index < -0.39 is 0 Å². The summed E-state index contributed by atoms with van der Waals surface area (Å²) in [6.07, 6.45) is 9.19. The molecule has 0 bridgehead atoms. The van der Waals surface area contributed by atoms with Crippen LogP contribution in [0.1, 0.15) is 49.0 Å². The van der Waals surface area contributed by atoms with Crippen LogP contribution in [0.5, 0.6) is 0 Å². The van der Waals surface area contributed by atoms with Crippen molar-refractivity contribution in [2.75, 3.05) is 26.2 Å². The van der Waals surface area contributed by atoms with Crippen molar-refractivity contribution in [3.05, 3.63) is 24.3 Å². The van der Waals surface area contributed by atoms with Crippen LogP contribution in [0, 0.1) is 11.3 Å². The molecule has 2 amide bonds. The van der Waals surface area contributed by atoms with Gasteiger partial charge in [0.2, 0.25) is 5.91 Å². The number of carbonyl (C=O) groups is 2. The highest BCUT2D eigenvalue weighted by Crippen LogP contribution is 2.41. The maximum Gasteiger partial charge on any atom is 0.272 e. The SMILES string of the molecule is O=C1CCC2(CCN(C(=O)c3ccncn3)CC2)CN1CC1CC1. The van der Waals surface area contributed by atoms with Gasteiger partial charge in [-0.1, -0.05) is 0 Å². The second-order valence-electron chi connectivity index (χ2n) is 7.60. The number of piperidine rings is 2. The lowest BCUT2D eigenvalue weighted by Crippen LogP contribution is -2.52. The van der Waals surface area contributed by atoms with E-state index in [1.807, 2.05) is 4.90 Å². The van der Waals surface area contributed by atoms with Crippen molar-refractivity contribution in [1.82, 2.24) is 19.8 Å². The quantitative estimate of drug-likeness (QED) is 0.847. The van der Waals surface area contributed by atoms with Crippen molar-refractivity contribution in [3.63, 3.8) is 0 Å². The molecule has 128 valence electrons. The van der Waals surface area contributed by atoms with Crippen molar-refractivity contribution >= 4 is 11.8 Å². The predicted molar refractivity (Wildman–Crippen MR) is 88.1 cm³/mol. The molecular weight excluding hydrogens is 304 g/mol. The normalized spacial score (nSPS) is 23.6. The molecule has 3 heterocycles. The Morgan fingerprint density at radius 1 is 1.25 bits per heavy atom. The molecule has 6 heteroatoms. The second-order valence-corrected chi connectivity index (χ2v) is 7.60. The third kappa shape index (κ3) is 3.14. The van der Waals surface area contributed by atoms with E-state index in [1.54, 1.807) is 12.3 Å². The Hall–Kier alpha value is -1.98. The highest BCUT2D eigenvalue weighted by atomic mass is 16.2. The van der Waals surface area contributed by atoms with Crippen molar-refractivity contribution in [1.29, 1.82) is 0 Å². The molecule has 0 aromatic carbocycles. The summed E-state index contributed by atoms with van der Waals surface area (Å²) < 4.78 is 0. The molecule has 1 spiro atoms. The van der Waals surface area contributed by atoms with Gasteiger partial charge in [0.15, 0.2) is 0 Å². The smallest absolute Gasteiger partial charge is 0.272 e. The van der Waals surface area contributed by atoms with Crippen LogP contribution in [0.15, 0.2) is 18.6 Å². The molecule has 6 nitrogen and oxygen atoms in total. The Bertz CT molecular complexity index is 621. The molecule has 0 N–H and O–H groups in total. The van der Waals surface area contributed by atoms with Crippen LogP contribution in [0.25, 0.3) is 0 Å². The van der Waals surface area contributed by atoms with Gasteiger partial charge in [0.1, 0.15) is 12.0 Å². The fourth-order valence-corrected chi connectivity index (χ4v) is 4.05. The van der Waals surface area contributed by atoms with Crippen LogP contribution in [0.2, 0.25) is 0 Å². The standard InChI is InChI=1S/C18H24N4O2/c23-16-3-5-18(12-22(16)11-14-1-2-14)6-9-21(10-7-18)17(24)15-4-8-19-13-20-15/h4,8,13-14H,1-3,5-7,9-12H2. The van der Waals surface area contributed by atoms with Crippen molar-refractivity contribution in [2.24, 2.45) is 11.3 Å². The van der Waals surface area contributed by atoms with Gasteiger partial charge >= 0.3 is 0 Å². The van der Waals surface area contributed by atoms with E-state index in [-0.39, 0.29) is 11.3 Å². The molecule has 1 aromatic heterocycles. The number of rotatable bonds is 3. The molecule has 0 unspecified atom stereocenters. The predicted octanol–water partition coefficient (Wildman–Crippen LogP) is 1.73. The molecule has 1 aromatic rings. The Morgan fingerprint density at radius 2 is 2.04 bits per heavy atom. The van der Waals surface area contributed by atoms with Gasteiger partial charge in [-0.3, -0.25) is 9.59 Å². The number of hydrogen-bond acceptors (Lipinski definition) is 4. The van der Waals surface area contributed by atoms with Gasteiger partial charge in [0.05, 0.1) is 0 Å². The van der Waals surface area contributed by atoms with Crippen molar-refractivity contribution < 1.29 is 9.59 Å². The van der Waals surface area contributed by atoms with E-state index in [1.165, 1.54) is 19.2 Å². The molecule has 0 atom stereocenters. The minimum atomic E-state index is -0.00558. The molecule has 2 aliphatic heterocycles. The van der Waals surface area contributed by atoms with Crippen LogP contribution < -0.4 is 0 Å². The minimum Gasteiger partial charge on any atom is -0.342 e. The number of aromatic nitrogens is 2. The highest BCUT2D eigenvalue weighted by molar-refractivity contribution is 5.92. The molecule has 1 aliphatic carbocycles. The molecular formula is C18H24N4O2. The Balaban J connectivity index is 1.38. The molecule has 2 saturated heterocycles. The van der Waals surface area contributed by atoms with E-state index in [0.29, 0.717) is 18.0 Å².